The van der Waals surface area contributed by atoms with Gasteiger partial charge in [-0.05, 0) is 6.92 Å². The van der Waals surface area contributed by atoms with Gasteiger partial charge in [0, 0.05) is 6.54 Å². The van der Waals surface area contributed by atoms with E-state index in [-0.39, 0.29) is 6.10 Å². The van der Waals surface area contributed by atoms with E-state index in [1.165, 1.54) is 6.92 Å². The van der Waals surface area contributed by atoms with Crippen LogP contribution in [-0.4, -0.2) is 44.9 Å². The maximum absolute atomic E-state index is 12.0. The first-order valence-electron chi connectivity index (χ1n) is 4.41. The molecular formula is C8H15F2NO2. The molecule has 0 saturated carbocycles. The van der Waals surface area contributed by atoms with Crippen molar-refractivity contribution in [3.63, 3.8) is 0 Å². The lowest BCUT2D eigenvalue weighted by atomic mass is 10.3. The highest BCUT2D eigenvalue weighted by Gasteiger charge is 2.18. The zero-order chi connectivity index (χ0) is 9.68. The molecule has 0 aromatic heterocycles. The molecule has 0 amide bonds. The molecule has 1 N–H and O–H groups in total. The van der Waals surface area contributed by atoms with Crippen molar-refractivity contribution in [3.8, 4) is 0 Å². The molecule has 0 aromatic carbocycles. The van der Waals surface area contributed by atoms with Gasteiger partial charge in [0.25, 0.3) is 6.43 Å². The van der Waals surface area contributed by atoms with Crippen molar-refractivity contribution in [3.05, 3.63) is 0 Å². The van der Waals surface area contributed by atoms with Gasteiger partial charge in [-0.15, -0.1) is 0 Å². The normalized spacial score (nSPS) is 26.3. The van der Waals surface area contributed by atoms with Crippen LogP contribution in [0.5, 0.6) is 0 Å². The lowest BCUT2D eigenvalue weighted by molar-refractivity contribution is -0.0882. The Kier molecular flexibility index (Phi) is 4.55. The first-order chi connectivity index (χ1) is 6.20. The van der Waals surface area contributed by atoms with Crippen LogP contribution in [0.4, 0.5) is 8.78 Å². The summed E-state index contributed by atoms with van der Waals surface area (Å²) in [7, 11) is 0. The molecule has 0 bridgehead atoms. The van der Waals surface area contributed by atoms with Crippen LogP contribution in [0.25, 0.3) is 0 Å². The fourth-order valence-corrected chi connectivity index (χ4v) is 1.06. The van der Waals surface area contributed by atoms with E-state index < -0.39 is 12.5 Å². The summed E-state index contributed by atoms with van der Waals surface area (Å²) in [6.07, 6.45) is -2.42. The summed E-state index contributed by atoms with van der Waals surface area (Å²) in [5.74, 6) is 0. The quantitative estimate of drug-likeness (QED) is 0.714. The number of hydrogen-bond donors (Lipinski definition) is 1. The Hall–Kier alpha value is -0.260. The molecule has 2 atom stereocenters. The minimum Gasteiger partial charge on any atom is -0.376 e. The average Bonchev–Trinajstić information content (AvgIpc) is 2.15. The summed E-state index contributed by atoms with van der Waals surface area (Å²) in [4.78, 5) is 0. The van der Waals surface area contributed by atoms with Crippen LogP contribution in [0.1, 0.15) is 6.92 Å². The lowest BCUT2D eigenvalue weighted by Gasteiger charge is -2.24. The standard InChI is InChI=1S/C8H15F2NO2/c1-6(8(9)10)11-4-7-5-12-2-3-13-7/h6-8,11H,2-5H2,1H3. The lowest BCUT2D eigenvalue weighted by Crippen LogP contribution is -2.42. The Morgan fingerprint density at radius 2 is 2.23 bits per heavy atom. The minimum atomic E-state index is -2.33. The molecule has 0 aliphatic carbocycles. The van der Waals surface area contributed by atoms with E-state index in [4.69, 9.17) is 9.47 Å². The van der Waals surface area contributed by atoms with E-state index in [0.717, 1.165) is 0 Å². The topological polar surface area (TPSA) is 30.5 Å². The first-order valence-corrected chi connectivity index (χ1v) is 4.41. The van der Waals surface area contributed by atoms with Crippen LogP contribution in [0.15, 0.2) is 0 Å². The van der Waals surface area contributed by atoms with E-state index in [1.807, 2.05) is 0 Å². The van der Waals surface area contributed by atoms with Gasteiger partial charge in [0.05, 0.1) is 32.0 Å². The van der Waals surface area contributed by atoms with Gasteiger partial charge in [0.15, 0.2) is 0 Å². The van der Waals surface area contributed by atoms with Crippen LogP contribution >= 0.6 is 0 Å². The summed E-state index contributed by atoms with van der Waals surface area (Å²) in [5, 5.41) is 2.70. The van der Waals surface area contributed by atoms with Gasteiger partial charge in [-0.2, -0.15) is 0 Å². The van der Waals surface area contributed by atoms with E-state index in [9.17, 15) is 8.78 Å². The maximum atomic E-state index is 12.0. The Morgan fingerprint density at radius 1 is 1.46 bits per heavy atom. The molecule has 1 aliphatic rings. The number of rotatable bonds is 4. The summed E-state index contributed by atoms with van der Waals surface area (Å²) >= 11 is 0. The monoisotopic (exact) mass is 195 g/mol. The van der Waals surface area contributed by atoms with Crippen molar-refractivity contribution in [1.29, 1.82) is 0 Å². The SMILES string of the molecule is CC(NCC1COCCO1)C(F)F. The highest BCUT2D eigenvalue weighted by molar-refractivity contribution is 4.69. The van der Waals surface area contributed by atoms with E-state index in [1.54, 1.807) is 0 Å². The Morgan fingerprint density at radius 3 is 2.77 bits per heavy atom. The maximum Gasteiger partial charge on any atom is 0.253 e. The van der Waals surface area contributed by atoms with Crippen molar-refractivity contribution < 1.29 is 18.3 Å². The minimum absolute atomic E-state index is 0.0880. The number of nitrogens with one attached hydrogen (secondary N) is 1. The van der Waals surface area contributed by atoms with Crippen LogP contribution in [0.3, 0.4) is 0 Å². The molecule has 0 spiro atoms. The van der Waals surface area contributed by atoms with Crippen molar-refractivity contribution in [2.75, 3.05) is 26.4 Å². The molecule has 13 heavy (non-hydrogen) atoms. The zero-order valence-corrected chi connectivity index (χ0v) is 7.63. The number of halogens is 2. The van der Waals surface area contributed by atoms with Crippen molar-refractivity contribution >= 4 is 0 Å². The van der Waals surface area contributed by atoms with Crippen LogP contribution in [-0.2, 0) is 9.47 Å². The third-order valence-corrected chi connectivity index (χ3v) is 1.93. The molecule has 3 nitrogen and oxygen atoms in total. The second-order valence-electron chi connectivity index (χ2n) is 3.10. The van der Waals surface area contributed by atoms with Crippen LogP contribution < -0.4 is 5.32 Å². The molecule has 1 aliphatic heterocycles. The van der Waals surface area contributed by atoms with Gasteiger partial charge in [0.1, 0.15) is 0 Å². The molecular weight excluding hydrogens is 180 g/mol. The predicted molar refractivity (Wildman–Crippen MR) is 44.0 cm³/mol. The smallest absolute Gasteiger partial charge is 0.253 e. The first kappa shape index (κ1) is 10.8. The third kappa shape index (κ3) is 3.97. The molecule has 78 valence electrons. The fraction of sp³-hybridized carbons (Fsp3) is 1.00. The number of alkyl halides is 2. The molecule has 0 radical (unpaired) electrons. The molecule has 1 fully saturated rings. The summed E-state index contributed by atoms with van der Waals surface area (Å²) in [6, 6.07) is -0.787. The predicted octanol–water partition coefficient (Wildman–Crippen LogP) is 0.645. The number of ether oxygens (including phenoxy) is 2. The Labute approximate surface area is 76.4 Å². The molecule has 1 heterocycles. The van der Waals surface area contributed by atoms with Crippen LogP contribution in [0, 0.1) is 0 Å². The molecule has 2 unspecified atom stereocenters. The second kappa shape index (κ2) is 5.47. The molecule has 1 saturated heterocycles. The van der Waals surface area contributed by atoms with Crippen molar-refractivity contribution in [2.24, 2.45) is 0 Å². The van der Waals surface area contributed by atoms with Gasteiger partial charge in [0.2, 0.25) is 0 Å². The van der Waals surface area contributed by atoms with Gasteiger partial charge >= 0.3 is 0 Å². The molecule has 0 aromatic rings. The Bertz CT molecular complexity index is 140. The second-order valence-corrected chi connectivity index (χ2v) is 3.10. The van der Waals surface area contributed by atoms with Gasteiger partial charge < -0.3 is 14.8 Å². The molecule has 5 heteroatoms. The fourth-order valence-electron chi connectivity index (χ4n) is 1.06. The van der Waals surface area contributed by atoms with Gasteiger partial charge in [-0.3, -0.25) is 0 Å². The van der Waals surface area contributed by atoms with Crippen molar-refractivity contribution in [2.45, 2.75) is 25.5 Å². The summed E-state index contributed by atoms with van der Waals surface area (Å²) in [6.45, 7) is 3.51. The van der Waals surface area contributed by atoms with E-state index in [2.05, 4.69) is 5.32 Å². The summed E-state index contributed by atoms with van der Waals surface area (Å²) < 4.78 is 34.5. The third-order valence-electron chi connectivity index (χ3n) is 1.93. The highest BCUT2D eigenvalue weighted by atomic mass is 19.3. The van der Waals surface area contributed by atoms with Crippen molar-refractivity contribution in [1.82, 2.24) is 5.32 Å². The van der Waals surface area contributed by atoms with Gasteiger partial charge in [-0.25, -0.2) is 8.78 Å². The zero-order valence-electron chi connectivity index (χ0n) is 7.63. The Balaban J connectivity index is 2.10. The van der Waals surface area contributed by atoms with E-state index in [0.29, 0.717) is 26.4 Å². The summed E-state index contributed by atoms with van der Waals surface area (Å²) in [5.41, 5.74) is 0. The highest BCUT2D eigenvalue weighted by Crippen LogP contribution is 2.02. The van der Waals surface area contributed by atoms with Crippen LogP contribution in [0.2, 0.25) is 0 Å². The average molecular weight is 195 g/mol. The largest absolute Gasteiger partial charge is 0.376 e. The van der Waals surface area contributed by atoms with Gasteiger partial charge in [-0.1, -0.05) is 0 Å². The van der Waals surface area contributed by atoms with E-state index >= 15 is 0 Å². The number of hydrogen-bond acceptors (Lipinski definition) is 3. The molecule has 1 rings (SSSR count).